The molecular weight excluding hydrogens is 807 g/mol. The lowest BCUT2D eigenvalue weighted by atomic mass is 9.80. The molecule has 2 aromatic carbocycles. The van der Waals surface area contributed by atoms with Gasteiger partial charge in [0.1, 0.15) is 12.1 Å². The van der Waals surface area contributed by atoms with E-state index in [1.807, 2.05) is 49.9 Å². The lowest BCUT2D eigenvalue weighted by Crippen LogP contribution is -2.53. The summed E-state index contributed by atoms with van der Waals surface area (Å²) < 4.78 is 9.72. The van der Waals surface area contributed by atoms with Crippen LogP contribution in [0.5, 0.6) is 0 Å². The zero-order valence-electron chi connectivity index (χ0n) is 39.6. The van der Waals surface area contributed by atoms with Crippen molar-refractivity contribution in [1.82, 2.24) is 25.3 Å². The Hall–Kier alpha value is -5.30. The Labute approximate surface area is 378 Å². The maximum absolute atomic E-state index is 14.1. The van der Waals surface area contributed by atoms with E-state index in [0.29, 0.717) is 38.0 Å². The standard InChI is InChI=1S/C51H67N7O6/c1-28(2)44(54-48(61)63-10)46(59)57-26-50(5,6)22-40(57)36-20-32(24-52-36)30-12-14-31(15-13-30)34-16-17-35(43-39-19-18-38(42(34)43)56(39)9)33-21-37(53-25-33)41-23-51(7,8)27-58(41)47(60)45(29(3)4)55-49(62)64-11/h12-17,24-25,28-29,38-41,44-45H,18-23,26-27H2,1-11H3,(H,54,61)(H,55,62)/t38?,39?,40-,41-,44-,45-/m0/s1. The summed E-state index contributed by atoms with van der Waals surface area (Å²) in [4.78, 5) is 69.0. The first kappa shape index (κ1) is 45.3. The van der Waals surface area contributed by atoms with Gasteiger partial charge in [0.2, 0.25) is 11.8 Å². The molecule has 6 aliphatic rings. The van der Waals surface area contributed by atoms with Gasteiger partial charge in [0, 0.05) is 61.8 Å². The average molecular weight is 874 g/mol. The number of likely N-dealkylation sites (tertiary alicyclic amines) is 2. The van der Waals surface area contributed by atoms with E-state index in [-0.39, 0.29) is 46.6 Å². The summed E-state index contributed by atoms with van der Waals surface area (Å²) in [6.07, 6.45) is 7.95. The number of nitrogens with one attached hydrogen (secondary N) is 2. The molecule has 0 aromatic heterocycles. The van der Waals surface area contributed by atoms with Crippen LogP contribution in [-0.4, -0.2) is 109 Å². The van der Waals surface area contributed by atoms with Crippen molar-refractivity contribution in [2.24, 2.45) is 32.7 Å². The fourth-order valence-corrected chi connectivity index (χ4v) is 11.4. The summed E-state index contributed by atoms with van der Waals surface area (Å²) in [7, 11) is 4.89. The van der Waals surface area contributed by atoms with Crippen molar-refractivity contribution < 1.29 is 28.7 Å². The molecular formula is C51H67N7O6. The number of hydrogen-bond acceptors (Lipinski definition) is 9. The number of hydrogen-bond donors (Lipinski definition) is 2. The molecule has 0 radical (unpaired) electrons. The van der Waals surface area contributed by atoms with E-state index in [2.05, 4.69) is 86.7 Å². The number of carbonyl (C=O) groups excluding carboxylic acids is 4. The maximum Gasteiger partial charge on any atom is 0.407 e. The Bertz CT molecular complexity index is 2340. The lowest BCUT2D eigenvalue weighted by molar-refractivity contribution is -0.135. The summed E-state index contributed by atoms with van der Waals surface area (Å²) in [6.45, 7) is 17.7. The Morgan fingerprint density at radius 3 is 1.52 bits per heavy atom. The van der Waals surface area contributed by atoms with E-state index in [0.717, 1.165) is 48.2 Å². The van der Waals surface area contributed by atoms with Gasteiger partial charge >= 0.3 is 12.2 Å². The summed E-state index contributed by atoms with van der Waals surface area (Å²) >= 11 is 0. The summed E-state index contributed by atoms with van der Waals surface area (Å²) in [5.41, 5.74) is 11.7. The topological polar surface area (TPSA) is 145 Å². The molecule has 0 aliphatic carbocycles. The van der Waals surface area contributed by atoms with Gasteiger partial charge in [-0.2, -0.15) is 0 Å². The van der Waals surface area contributed by atoms with Crippen molar-refractivity contribution >= 4 is 46.6 Å². The van der Waals surface area contributed by atoms with Gasteiger partial charge in [0.25, 0.3) is 0 Å². The van der Waals surface area contributed by atoms with Crippen molar-refractivity contribution in [2.75, 3.05) is 34.4 Å². The van der Waals surface area contributed by atoms with Gasteiger partial charge in [-0.1, -0.05) is 91.8 Å². The number of carbonyl (C=O) groups is 4. The van der Waals surface area contributed by atoms with Crippen LogP contribution in [0.15, 0.2) is 58.8 Å². The number of fused-ring (bicyclic) bond motifs is 5. The molecule has 8 rings (SSSR count). The van der Waals surface area contributed by atoms with Crippen LogP contribution >= 0.6 is 0 Å². The van der Waals surface area contributed by atoms with Crippen molar-refractivity contribution in [3.63, 3.8) is 0 Å². The molecule has 342 valence electrons. The first-order valence-electron chi connectivity index (χ1n) is 23.1. The predicted molar refractivity (Wildman–Crippen MR) is 251 cm³/mol. The second-order valence-corrected chi connectivity index (χ2v) is 21.2. The van der Waals surface area contributed by atoms with Crippen molar-refractivity contribution in [3.05, 3.63) is 71.1 Å². The van der Waals surface area contributed by atoms with Crippen LogP contribution in [0.4, 0.5) is 9.59 Å². The Morgan fingerprint density at radius 1 is 0.625 bits per heavy atom. The molecule has 4 amide bonds. The minimum Gasteiger partial charge on any atom is -0.453 e. The summed E-state index contributed by atoms with van der Waals surface area (Å²) in [5.74, 6) is -0.411. The Morgan fingerprint density at radius 2 is 1.05 bits per heavy atom. The molecule has 2 N–H and O–H groups in total. The number of alkyl carbamates (subject to hydrolysis) is 2. The van der Waals surface area contributed by atoms with Crippen LogP contribution in [-0.2, 0) is 19.1 Å². The fraction of sp³-hybridized carbons (Fsp3) is 0.569. The van der Waals surface area contributed by atoms with Crippen LogP contribution in [0, 0.1) is 22.7 Å². The third kappa shape index (κ3) is 8.40. The fourth-order valence-electron chi connectivity index (χ4n) is 11.4. The Balaban J connectivity index is 0.994. The molecule has 64 heavy (non-hydrogen) atoms. The molecule has 0 spiro atoms. The van der Waals surface area contributed by atoms with Crippen LogP contribution < -0.4 is 10.6 Å². The predicted octanol–water partition coefficient (Wildman–Crippen LogP) is 8.56. The highest BCUT2D eigenvalue weighted by atomic mass is 16.5. The number of rotatable bonds is 11. The number of aliphatic imine (C=N–C) groups is 2. The zero-order valence-corrected chi connectivity index (χ0v) is 39.6. The minimum absolute atomic E-state index is 0.0925. The monoisotopic (exact) mass is 874 g/mol. The molecule has 13 heteroatoms. The van der Waals surface area contributed by atoms with E-state index < -0.39 is 24.3 Å². The highest BCUT2D eigenvalue weighted by Crippen LogP contribution is 2.57. The quantitative estimate of drug-likeness (QED) is 0.230. The van der Waals surface area contributed by atoms with Crippen molar-refractivity contribution in [3.8, 4) is 11.1 Å². The number of amides is 4. The first-order chi connectivity index (χ1) is 30.3. The number of ether oxygens (including phenoxy) is 2. The van der Waals surface area contributed by atoms with Crippen LogP contribution in [0.2, 0.25) is 0 Å². The Kier molecular flexibility index (Phi) is 12.2. The van der Waals surface area contributed by atoms with Gasteiger partial charge in [-0.3, -0.25) is 24.5 Å². The highest BCUT2D eigenvalue weighted by Gasteiger charge is 2.49. The third-order valence-corrected chi connectivity index (χ3v) is 14.6. The second kappa shape index (κ2) is 17.2. The van der Waals surface area contributed by atoms with E-state index in [1.54, 1.807) is 0 Å². The normalized spacial score (nSPS) is 25.2. The number of benzene rings is 2. The van der Waals surface area contributed by atoms with E-state index in [9.17, 15) is 19.2 Å². The van der Waals surface area contributed by atoms with Crippen LogP contribution in [0.25, 0.3) is 22.3 Å². The largest absolute Gasteiger partial charge is 0.453 e. The molecule has 0 saturated carbocycles. The SMILES string of the molecule is COC(=O)N[C@H](C(=O)N1CC(C)(C)C[C@H]1C1=NC=C(c2ccc(-c3ccc(C4=CN=C([C@@H]5CC(C)(C)CN5C(=O)[C@@H](NC(=O)OC)C(C)C)C4)c4c3C3CCC4N3C)cc2)C1)C(C)C. The molecule has 13 nitrogen and oxygen atoms in total. The lowest BCUT2D eigenvalue weighted by Gasteiger charge is -2.31. The number of nitrogens with zero attached hydrogens (tertiary/aromatic N) is 5. The van der Waals surface area contributed by atoms with Crippen molar-refractivity contribution in [1.29, 1.82) is 0 Å². The molecule has 2 unspecified atom stereocenters. The summed E-state index contributed by atoms with van der Waals surface area (Å²) in [5, 5.41) is 5.56. The summed E-state index contributed by atoms with van der Waals surface area (Å²) in [6, 6.07) is 12.4. The van der Waals surface area contributed by atoms with Gasteiger partial charge in [0.15, 0.2) is 0 Å². The third-order valence-electron chi connectivity index (χ3n) is 14.6. The second-order valence-electron chi connectivity index (χ2n) is 21.2. The average Bonchev–Trinajstić information content (AvgIpc) is 4.13. The minimum atomic E-state index is -0.690. The van der Waals surface area contributed by atoms with Crippen LogP contribution in [0.3, 0.4) is 0 Å². The molecule has 3 fully saturated rings. The molecule has 3 saturated heterocycles. The molecule has 6 aliphatic heterocycles. The maximum atomic E-state index is 14.1. The van der Waals surface area contributed by atoms with Gasteiger partial charge in [-0.05, 0) is 99.9 Å². The molecule has 2 aromatic rings. The molecule has 6 atom stereocenters. The smallest absolute Gasteiger partial charge is 0.407 e. The van der Waals surface area contributed by atoms with E-state index in [1.165, 1.54) is 47.6 Å². The van der Waals surface area contributed by atoms with Gasteiger partial charge in [-0.15, -0.1) is 0 Å². The van der Waals surface area contributed by atoms with E-state index >= 15 is 0 Å². The molecule has 6 heterocycles. The van der Waals surface area contributed by atoms with Gasteiger partial charge in [-0.25, -0.2) is 9.59 Å². The van der Waals surface area contributed by atoms with Gasteiger partial charge < -0.3 is 29.9 Å². The molecule has 2 bridgehead atoms. The van der Waals surface area contributed by atoms with Crippen LogP contribution in [0.1, 0.15) is 128 Å². The number of methoxy groups -OCH3 is 2. The number of allylic oxidation sites excluding steroid dienone is 2. The zero-order chi connectivity index (χ0) is 46.0. The highest BCUT2D eigenvalue weighted by molar-refractivity contribution is 6.05. The first-order valence-corrected chi connectivity index (χ1v) is 23.1. The van der Waals surface area contributed by atoms with Gasteiger partial charge in [0.05, 0.1) is 26.3 Å². The van der Waals surface area contributed by atoms with E-state index in [4.69, 9.17) is 19.5 Å². The van der Waals surface area contributed by atoms with Crippen molar-refractivity contribution in [2.45, 2.75) is 130 Å².